The van der Waals surface area contributed by atoms with Gasteiger partial charge in [-0.15, -0.1) is 0 Å². The number of para-hydroxylation sites is 2. The molecule has 0 saturated carbocycles. The quantitative estimate of drug-likeness (QED) is 0.664. The van der Waals surface area contributed by atoms with Crippen molar-refractivity contribution in [3.63, 3.8) is 0 Å². The standard InChI is InChI=1S/C16H16N4/c17-12-7-5-11(6-8-12)14-9-10-18-16-19-13-3-1-2-4-15(13)20(14)16/h1-8,14H,9-10,17H2,(H,18,19). The first-order valence-electron chi connectivity index (χ1n) is 6.89. The van der Waals surface area contributed by atoms with E-state index in [2.05, 4.69) is 45.2 Å². The van der Waals surface area contributed by atoms with Gasteiger partial charge in [-0.05, 0) is 36.2 Å². The maximum Gasteiger partial charge on any atom is 0.204 e. The third-order valence-corrected chi connectivity index (χ3v) is 3.93. The normalized spacial score (nSPS) is 17.7. The maximum atomic E-state index is 5.79. The van der Waals surface area contributed by atoms with Crippen LogP contribution in [0.1, 0.15) is 18.0 Å². The lowest BCUT2D eigenvalue weighted by molar-refractivity contribution is 0.543. The van der Waals surface area contributed by atoms with E-state index in [9.17, 15) is 0 Å². The molecule has 20 heavy (non-hydrogen) atoms. The number of hydrogen-bond donors (Lipinski definition) is 2. The van der Waals surface area contributed by atoms with Gasteiger partial charge in [0.2, 0.25) is 5.95 Å². The number of anilines is 2. The molecule has 0 spiro atoms. The fourth-order valence-electron chi connectivity index (χ4n) is 2.97. The van der Waals surface area contributed by atoms with Crippen molar-refractivity contribution >= 4 is 22.7 Å². The van der Waals surface area contributed by atoms with Crippen LogP contribution >= 0.6 is 0 Å². The van der Waals surface area contributed by atoms with Crippen molar-refractivity contribution in [2.45, 2.75) is 12.5 Å². The Balaban J connectivity index is 1.90. The molecule has 4 heteroatoms. The Labute approximate surface area is 117 Å². The highest BCUT2D eigenvalue weighted by molar-refractivity contribution is 5.79. The average molecular weight is 264 g/mol. The summed E-state index contributed by atoms with van der Waals surface area (Å²) in [6.45, 7) is 0.943. The highest BCUT2D eigenvalue weighted by atomic mass is 15.2. The fourth-order valence-corrected chi connectivity index (χ4v) is 2.97. The van der Waals surface area contributed by atoms with Gasteiger partial charge in [-0.1, -0.05) is 24.3 Å². The number of nitrogens with zero attached hydrogens (tertiary/aromatic N) is 2. The van der Waals surface area contributed by atoms with Crippen molar-refractivity contribution in [3.8, 4) is 0 Å². The average Bonchev–Trinajstić information content (AvgIpc) is 2.86. The molecule has 0 radical (unpaired) electrons. The Morgan fingerprint density at radius 2 is 1.90 bits per heavy atom. The van der Waals surface area contributed by atoms with E-state index in [1.54, 1.807) is 0 Å². The number of rotatable bonds is 1. The van der Waals surface area contributed by atoms with Crippen LogP contribution in [0.2, 0.25) is 0 Å². The second kappa shape index (κ2) is 4.27. The van der Waals surface area contributed by atoms with Crippen LogP contribution in [0.15, 0.2) is 48.5 Å². The molecular formula is C16H16N4. The smallest absolute Gasteiger partial charge is 0.204 e. The van der Waals surface area contributed by atoms with Gasteiger partial charge in [-0.3, -0.25) is 0 Å². The zero-order valence-corrected chi connectivity index (χ0v) is 11.1. The molecule has 2 heterocycles. The molecule has 1 aliphatic heterocycles. The molecule has 1 unspecified atom stereocenters. The number of hydrogen-bond acceptors (Lipinski definition) is 3. The Morgan fingerprint density at radius 1 is 1.10 bits per heavy atom. The van der Waals surface area contributed by atoms with Crippen LogP contribution in [-0.4, -0.2) is 16.1 Å². The van der Waals surface area contributed by atoms with E-state index >= 15 is 0 Å². The lowest BCUT2D eigenvalue weighted by atomic mass is 10.0. The number of imidazole rings is 1. The number of nitrogens with two attached hydrogens (primary N) is 1. The van der Waals surface area contributed by atoms with Crippen LogP contribution in [0.4, 0.5) is 11.6 Å². The van der Waals surface area contributed by atoms with Gasteiger partial charge in [0.25, 0.3) is 0 Å². The third kappa shape index (κ3) is 1.65. The summed E-state index contributed by atoms with van der Waals surface area (Å²) in [7, 11) is 0. The van der Waals surface area contributed by atoms with Gasteiger partial charge in [0.15, 0.2) is 0 Å². The summed E-state index contributed by atoms with van der Waals surface area (Å²) in [5, 5.41) is 3.39. The Hall–Kier alpha value is -2.49. The summed E-state index contributed by atoms with van der Waals surface area (Å²) >= 11 is 0. The first-order valence-corrected chi connectivity index (χ1v) is 6.89. The van der Waals surface area contributed by atoms with E-state index in [0.717, 1.165) is 30.1 Å². The molecule has 1 aliphatic rings. The zero-order chi connectivity index (χ0) is 13.5. The van der Waals surface area contributed by atoms with Crippen LogP contribution in [0.3, 0.4) is 0 Å². The zero-order valence-electron chi connectivity index (χ0n) is 11.1. The molecule has 4 rings (SSSR count). The van der Waals surface area contributed by atoms with Gasteiger partial charge in [0.1, 0.15) is 0 Å². The van der Waals surface area contributed by atoms with Crippen molar-refractivity contribution in [1.82, 2.24) is 9.55 Å². The van der Waals surface area contributed by atoms with Crippen LogP contribution in [-0.2, 0) is 0 Å². The minimum absolute atomic E-state index is 0.319. The van der Waals surface area contributed by atoms with Crippen LogP contribution in [0.25, 0.3) is 11.0 Å². The largest absolute Gasteiger partial charge is 0.399 e. The molecule has 100 valence electrons. The van der Waals surface area contributed by atoms with Crippen LogP contribution in [0, 0.1) is 0 Å². The molecule has 0 amide bonds. The second-order valence-electron chi connectivity index (χ2n) is 5.19. The topological polar surface area (TPSA) is 55.9 Å². The molecule has 0 fully saturated rings. The molecule has 4 nitrogen and oxygen atoms in total. The third-order valence-electron chi connectivity index (χ3n) is 3.93. The molecule has 3 N–H and O–H groups in total. The van der Waals surface area contributed by atoms with E-state index in [1.165, 1.54) is 11.1 Å². The Bertz CT molecular complexity index is 758. The summed E-state index contributed by atoms with van der Waals surface area (Å²) in [4.78, 5) is 4.67. The Morgan fingerprint density at radius 3 is 2.75 bits per heavy atom. The van der Waals surface area contributed by atoms with Crippen molar-refractivity contribution in [2.24, 2.45) is 0 Å². The summed E-state index contributed by atoms with van der Waals surface area (Å²) < 4.78 is 2.30. The molecule has 1 aromatic heterocycles. The predicted octanol–water partition coefficient (Wildman–Crippen LogP) is 3.02. The van der Waals surface area contributed by atoms with Gasteiger partial charge in [-0.2, -0.15) is 0 Å². The summed E-state index contributed by atoms with van der Waals surface area (Å²) in [5.74, 6) is 0.958. The SMILES string of the molecule is Nc1ccc(C2CCNc3nc4ccccc4n32)cc1. The lowest BCUT2D eigenvalue weighted by Gasteiger charge is -2.27. The fraction of sp³-hybridized carbons (Fsp3) is 0.188. The molecule has 0 aliphatic carbocycles. The van der Waals surface area contributed by atoms with E-state index < -0.39 is 0 Å². The van der Waals surface area contributed by atoms with Gasteiger partial charge in [-0.25, -0.2) is 4.98 Å². The van der Waals surface area contributed by atoms with Gasteiger partial charge in [0, 0.05) is 12.2 Å². The number of aromatic nitrogens is 2. The molecule has 3 aromatic rings. The predicted molar refractivity (Wildman–Crippen MR) is 81.8 cm³/mol. The monoisotopic (exact) mass is 264 g/mol. The van der Waals surface area contributed by atoms with E-state index in [-0.39, 0.29) is 0 Å². The first kappa shape index (κ1) is 11.3. The number of nitrogen functional groups attached to an aromatic ring is 1. The first-order chi connectivity index (χ1) is 9.83. The summed E-state index contributed by atoms with van der Waals surface area (Å²) in [6.07, 6.45) is 1.05. The van der Waals surface area contributed by atoms with Crippen molar-refractivity contribution in [2.75, 3.05) is 17.6 Å². The van der Waals surface area contributed by atoms with Crippen molar-refractivity contribution < 1.29 is 0 Å². The van der Waals surface area contributed by atoms with Crippen LogP contribution in [0.5, 0.6) is 0 Å². The highest BCUT2D eigenvalue weighted by Gasteiger charge is 2.24. The van der Waals surface area contributed by atoms with E-state index in [0.29, 0.717) is 6.04 Å². The van der Waals surface area contributed by atoms with Crippen molar-refractivity contribution in [3.05, 3.63) is 54.1 Å². The molecule has 2 aromatic carbocycles. The number of fused-ring (bicyclic) bond motifs is 3. The summed E-state index contributed by atoms with van der Waals surface area (Å²) in [6, 6.07) is 16.8. The van der Waals surface area contributed by atoms with E-state index in [1.807, 2.05) is 18.2 Å². The number of benzene rings is 2. The molecule has 0 saturated heterocycles. The Kier molecular flexibility index (Phi) is 2.42. The molecule has 0 bridgehead atoms. The maximum absolute atomic E-state index is 5.79. The summed E-state index contributed by atoms with van der Waals surface area (Å²) in [5.41, 5.74) is 10.1. The van der Waals surface area contributed by atoms with Gasteiger partial charge in [0.05, 0.1) is 17.1 Å². The van der Waals surface area contributed by atoms with Gasteiger partial charge < -0.3 is 15.6 Å². The van der Waals surface area contributed by atoms with Crippen LogP contribution < -0.4 is 11.1 Å². The second-order valence-corrected chi connectivity index (χ2v) is 5.19. The minimum atomic E-state index is 0.319. The highest BCUT2D eigenvalue weighted by Crippen LogP contribution is 2.33. The van der Waals surface area contributed by atoms with E-state index in [4.69, 9.17) is 5.73 Å². The molecular weight excluding hydrogens is 248 g/mol. The molecule has 1 atom stereocenters. The minimum Gasteiger partial charge on any atom is -0.399 e. The number of nitrogens with one attached hydrogen (secondary N) is 1. The van der Waals surface area contributed by atoms with Crippen molar-refractivity contribution in [1.29, 1.82) is 0 Å². The lowest BCUT2D eigenvalue weighted by Crippen LogP contribution is -2.23. The van der Waals surface area contributed by atoms with Gasteiger partial charge >= 0.3 is 0 Å².